The summed E-state index contributed by atoms with van der Waals surface area (Å²) in [4.78, 5) is 27.7. The Bertz CT molecular complexity index is 1130. The van der Waals surface area contributed by atoms with Crippen LogP contribution in [0.3, 0.4) is 0 Å². The fourth-order valence-electron chi connectivity index (χ4n) is 3.40. The second-order valence-corrected chi connectivity index (χ2v) is 6.59. The summed E-state index contributed by atoms with van der Waals surface area (Å²) >= 11 is 0. The van der Waals surface area contributed by atoms with Gasteiger partial charge in [0.15, 0.2) is 5.75 Å². The topological polar surface area (TPSA) is 101 Å². The van der Waals surface area contributed by atoms with Gasteiger partial charge >= 0.3 is 0 Å². The summed E-state index contributed by atoms with van der Waals surface area (Å²) in [5, 5.41) is 7.40. The second kappa shape index (κ2) is 7.31. The Labute approximate surface area is 167 Å². The third-order valence-corrected chi connectivity index (χ3v) is 4.81. The molecule has 1 aliphatic rings. The number of rotatable bonds is 5. The Morgan fingerprint density at radius 3 is 2.69 bits per heavy atom. The van der Waals surface area contributed by atoms with Gasteiger partial charge in [0.1, 0.15) is 0 Å². The molecule has 0 saturated carbocycles. The van der Waals surface area contributed by atoms with Crippen LogP contribution in [0.1, 0.15) is 27.2 Å². The van der Waals surface area contributed by atoms with E-state index in [1.165, 1.54) is 13.3 Å². The van der Waals surface area contributed by atoms with Gasteiger partial charge in [-0.1, -0.05) is 0 Å². The van der Waals surface area contributed by atoms with Crippen LogP contribution in [0.2, 0.25) is 0 Å². The molecule has 0 radical (unpaired) electrons. The molecule has 3 aromatic rings. The number of nitrogens with one attached hydrogen (secondary N) is 1. The number of pyridine rings is 3. The summed E-state index contributed by atoms with van der Waals surface area (Å²) in [5.74, 6) is 0.789. The van der Waals surface area contributed by atoms with Gasteiger partial charge in [0, 0.05) is 29.7 Å². The molecular formula is C21H19N5O3. The summed E-state index contributed by atoms with van der Waals surface area (Å²) in [5.41, 5.74) is 4.88. The van der Waals surface area contributed by atoms with Crippen molar-refractivity contribution in [3.63, 3.8) is 0 Å². The Kier molecular flexibility index (Phi) is 4.67. The molecule has 4 rings (SSSR count). The molecule has 0 bridgehead atoms. The van der Waals surface area contributed by atoms with Crippen molar-refractivity contribution < 1.29 is 14.3 Å². The van der Waals surface area contributed by atoms with E-state index in [1.54, 1.807) is 36.7 Å². The molecule has 0 aromatic carbocycles. The molecule has 0 atom stereocenters. The maximum Gasteiger partial charge on any atom is 0.260 e. The number of methoxy groups -OCH3 is 2. The Hall–Kier alpha value is -3.81. The highest BCUT2D eigenvalue weighted by Gasteiger charge is 2.32. The van der Waals surface area contributed by atoms with Gasteiger partial charge in [0.2, 0.25) is 0 Å². The monoisotopic (exact) mass is 389 g/mol. The number of aromatic nitrogens is 3. The first kappa shape index (κ1) is 18.5. The SMILES string of the molecule is COc1cc(-c2cc(C)c3c(n2)CN(c2cncc(C=N)c2)C3=O)cnc1OC. The molecule has 8 heteroatoms. The van der Waals surface area contributed by atoms with Crippen LogP contribution >= 0.6 is 0 Å². The normalized spacial score (nSPS) is 12.7. The molecule has 0 aliphatic carbocycles. The largest absolute Gasteiger partial charge is 0.491 e. The average molecular weight is 389 g/mol. The lowest BCUT2D eigenvalue weighted by atomic mass is 10.0. The van der Waals surface area contributed by atoms with E-state index >= 15 is 0 Å². The smallest absolute Gasteiger partial charge is 0.260 e. The molecule has 29 heavy (non-hydrogen) atoms. The first-order valence-electron chi connectivity index (χ1n) is 8.92. The average Bonchev–Trinajstić information content (AvgIpc) is 3.10. The number of carbonyl (C=O) groups is 1. The van der Waals surface area contributed by atoms with Gasteiger partial charge < -0.3 is 19.8 Å². The van der Waals surface area contributed by atoms with E-state index < -0.39 is 0 Å². The minimum atomic E-state index is -0.120. The predicted molar refractivity (Wildman–Crippen MR) is 108 cm³/mol. The molecule has 8 nitrogen and oxygen atoms in total. The molecule has 0 saturated heterocycles. The van der Waals surface area contributed by atoms with Gasteiger partial charge in [-0.15, -0.1) is 0 Å². The highest BCUT2D eigenvalue weighted by atomic mass is 16.5. The van der Waals surface area contributed by atoms with Crippen LogP contribution in [0, 0.1) is 12.3 Å². The highest BCUT2D eigenvalue weighted by molar-refractivity contribution is 6.10. The maximum atomic E-state index is 13.0. The molecule has 4 heterocycles. The predicted octanol–water partition coefficient (Wildman–Crippen LogP) is 3.02. The standard InChI is InChI=1S/C21H19N5O3/c1-12-4-16(14-6-18(28-2)20(29-3)24-9-14)25-17-11-26(21(27)19(12)17)15-5-13(7-22)8-23-10-15/h4-10,22H,11H2,1-3H3. The van der Waals surface area contributed by atoms with Gasteiger partial charge in [0.25, 0.3) is 11.8 Å². The van der Waals surface area contributed by atoms with Crippen LogP contribution in [0.5, 0.6) is 11.6 Å². The summed E-state index contributed by atoms with van der Waals surface area (Å²) in [6.07, 6.45) is 6.07. The lowest BCUT2D eigenvalue weighted by Crippen LogP contribution is -2.23. The van der Waals surface area contributed by atoms with E-state index in [9.17, 15) is 4.79 Å². The van der Waals surface area contributed by atoms with E-state index in [4.69, 9.17) is 19.9 Å². The van der Waals surface area contributed by atoms with Crippen LogP contribution < -0.4 is 14.4 Å². The van der Waals surface area contributed by atoms with Crippen LogP contribution in [0.4, 0.5) is 5.69 Å². The highest BCUT2D eigenvalue weighted by Crippen LogP contribution is 2.34. The minimum Gasteiger partial charge on any atom is -0.491 e. The van der Waals surface area contributed by atoms with Gasteiger partial charge in [-0.25, -0.2) is 4.98 Å². The number of fused-ring (bicyclic) bond motifs is 1. The quantitative estimate of drug-likeness (QED) is 0.673. The van der Waals surface area contributed by atoms with Crippen LogP contribution in [-0.2, 0) is 6.54 Å². The number of amides is 1. The number of aryl methyl sites for hydroxylation is 1. The van der Waals surface area contributed by atoms with Crippen molar-refractivity contribution in [3.05, 3.63) is 59.2 Å². The number of anilines is 1. The zero-order chi connectivity index (χ0) is 20.5. The van der Waals surface area contributed by atoms with Crippen molar-refractivity contribution in [2.75, 3.05) is 19.1 Å². The lowest BCUT2D eigenvalue weighted by molar-refractivity contribution is 0.0996. The van der Waals surface area contributed by atoms with E-state index in [0.717, 1.165) is 11.1 Å². The van der Waals surface area contributed by atoms with Crippen LogP contribution in [0.25, 0.3) is 11.3 Å². The van der Waals surface area contributed by atoms with Gasteiger partial charge in [-0.3, -0.25) is 14.8 Å². The molecule has 1 amide bonds. The van der Waals surface area contributed by atoms with Gasteiger partial charge in [-0.2, -0.15) is 0 Å². The fourth-order valence-corrected chi connectivity index (χ4v) is 3.40. The molecular weight excluding hydrogens is 370 g/mol. The summed E-state index contributed by atoms with van der Waals surface area (Å²) in [7, 11) is 3.09. The first-order valence-corrected chi connectivity index (χ1v) is 8.92. The first-order chi connectivity index (χ1) is 14.0. The zero-order valence-corrected chi connectivity index (χ0v) is 16.3. The van der Waals surface area contributed by atoms with Gasteiger partial charge in [0.05, 0.1) is 49.6 Å². The molecule has 0 spiro atoms. The van der Waals surface area contributed by atoms with E-state index in [1.807, 2.05) is 19.1 Å². The molecule has 0 fully saturated rings. The Morgan fingerprint density at radius 2 is 1.97 bits per heavy atom. The Balaban J connectivity index is 1.74. The maximum absolute atomic E-state index is 13.0. The van der Waals surface area contributed by atoms with Crippen molar-refractivity contribution in [2.45, 2.75) is 13.5 Å². The van der Waals surface area contributed by atoms with Crippen molar-refractivity contribution >= 4 is 17.8 Å². The van der Waals surface area contributed by atoms with Crippen molar-refractivity contribution in [2.24, 2.45) is 0 Å². The number of hydrogen-bond acceptors (Lipinski definition) is 7. The molecule has 1 aliphatic heterocycles. The molecule has 3 aromatic heterocycles. The van der Waals surface area contributed by atoms with E-state index in [-0.39, 0.29) is 5.91 Å². The molecule has 0 unspecified atom stereocenters. The number of carbonyl (C=O) groups excluding carboxylic acids is 1. The van der Waals surface area contributed by atoms with Crippen molar-refractivity contribution in [1.29, 1.82) is 5.41 Å². The van der Waals surface area contributed by atoms with Crippen molar-refractivity contribution in [3.8, 4) is 22.9 Å². The number of ether oxygens (including phenoxy) is 2. The summed E-state index contributed by atoms with van der Waals surface area (Å²) < 4.78 is 10.5. The third kappa shape index (κ3) is 3.18. The van der Waals surface area contributed by atoms with Gasteiger partial charge in [-0.05, 0) is 30.7 Å². The Morgan fingerprint density at radius 1 is 1.14 bits per heavy atom. The van der Waals surface area contributed by atoms with Crippen molar-refractivity contribution in [1.82, 2.24) is 15.0 Å². The lowest BCUT2D eigenvalue weighted by Gasteiger charge is -2.15. The summed E-state index contributed by atoms with van der Waals surface area (Å²) in [6.45, 7) is 2.23. The third-order valence-electron chi connectivity index (χ3n) is 4.81. The summed E-state index contributed by atoms with van der Waals surface area (Å²) in [6, 6.07) is 5.44. The fraction of sp³-hybridized carbons (Fsp3) is 0.190. The minimum absolute atomic E-state index is 0.120. The van der Waals surface area contributed by atoms with E-state index in [0.29, 0.717) is 46.4 Å². The molecule has 1 N–H and O–H groups in total. The number of nitrogens with zero attached hydrogens (tertiary/aromatic N) is 4. The van der Waals surface area contributed by atoms with Crippen LogP contribution in [0.15, 0.2) is 36.8 Å². The molecule has 146 valence electrons. The second-order valence-electron chi connectivity index (χ2n) is 6.59. The number of hydrogen-bond donors (Lipinski definition) is 1. The zero-order valence-electron chi connectivity index (χ0n) is 16.3. The van der Waals surface area contributed by atoms with Crippen LogP contribution in [-0.4, -0.2) is 41.3 Å². The van der Waals surface area contributed by atoms with E-state index in [2.05, 4.69) is 9.97 Å².